The molecular weight excluding hydrogens is 182 g/mol. The van der Waals surface area contributed by atoms with E-state index in [2.05, 4.69) is 4.74 Å². The number of esters is 1. The Morgan fingerprint density at radius 2 is 1.71 bits per heavy atom. The smallest absolute Gasteiger partial charge is 0.396 e. The summed E-state index contributed by atoms with van der Waals surface area (Å²) in [5.74, 6) is -1.27. The number of carbonyl (C=O) groups is 2. The van der Waals surface area contributed by atoms with Gasteiger partial charge in [0.2, 0.25) is 0 Å². The second-order valence-corrected chi connectivity index (χ2v) is 3.83. The van der Waals surface area contributed by atoms with Gasteiger partial charge in [0.1, 0.15) is 0 Å². The molecule has 0 radical (unpaired) electrons. The van der Waals surface area contributed by atoms with Crippen LogP contribution in [0.25, 0.3) is 0 Å². The molecule has 0 bridgehead atoms. The average molecular weight is 199 g/mol. The molecule has 0 aromatic heterocycles. The fraction of sp³-hybridized carbons (Fsp3) is 0.800. The van der Waals surface area contributed by atoms with Crippen LogP contribution in [0.4, 0.5) is 0 Å². The molecule has 0 saturated carbocycles. The van der Waals surface area contributed by atoms with Crippen LogP contribution in [0.5, 0.6) is 0 Å². The van der Waals surface area contributed by atoms with Crippen molar-refractivity contribution < 1.29 is 14.3 Å². The van der Waals surface area contributed by atoms with Gasteiger partial charge in [-0.25, -0.2) is 4.79 Å². The maximum atomic E-state index is 11.6. The molecule has 2 atom stereocenters. The maximum absolute atomic E-state index is 11.6. The predicted octanol–water partition coefficient (Wildman–Crippen LogP) is 0.949. The third-order valence-corrected chi connectivity index (χ3v) is 2.79. The molecule has 1 amide bonds. The van der Waals surface area contributed by atoms with Crippen molar-refractivity contribution in [3.63, 3.8) is 0 Å². The summed E-state index contributed by atoms with van der Waals surface area (Å²) in [7, 11) is 1.24. The Bertz CT molecular complexity index is 230. The molecule has 1 aliphatic rings. The van der Waals surface area contributed by atoms with Crippen LogP contribution in [0.3, 0.4) is 0 Å². The van der Waals surface area contributed by atoms with Gasteiger partial charge in [0.15, 0.2) is 0 Å². The molecule has 0 aliphatic carbocycles. The quantitative estimate of drug-likeness (QED) is 0.431. The molecule has 1 heterocycles. The van der Waals surface area contributed by atoms with E-state index in [9.17, 15) is 9.59 Å². The lowest BCUT2D eigenvalue weighted by Crippen LogP contribution is -2.50. The highest BCUT2D eigenvalue weighted by Gasteiger charge is 2.33. The van der Waals surface area contributed by atoms with Gasteiger partial charge in [-0.05, 0) is 33.1 Å². The summed E-state index contributed by atoms with van der Waals surface area (Å²) in [5, 5.41) is 0. The Labute approximate surface area is 84.2 Å². The van der Waals surface area contributed by atoms with E-state index in [1.807, 2.05) is 13.8 Å². The van der Waals surface area contributed by atoms with Crippen LogP contribution < -0.4 is 0 Å². The molecule has 2 unspecified atom stereocenters. The largest absolute Gasteiger partial charge is 0.462 e. The van der Waals surface area contributed by atoms with Gasteiger partial charge in [-0.3, -0.25) is 4.79 Å². The van der Waals surface area contributed by atoms with Crippen LogP contribution in [0.2, 0.25) is 0 Å². The van der Waals surface area contributed by atoms with Crippen molar-refractivity contribution in [1.29, 1.82) is 0 Å². The normalized spacial score (nSPS) is 27.2. The minimum absolute atomic E-state index is 0.144. The van der Waals surface area contributed by atoms with E-state index >= 15 is 0 Å². The van der Waals surface area contributed by atoms with E-state index < -0.39 is 11.9 Å². The number of amides is 1. The summed E-state index contributed by atoms with van der Waals surface area (Å²) in [6, 6.07) is 0.288. The number of methoxy groups -OCH3 is 1. The predicted molar refractivity (Wildman–Crippen MR) is 51.6 cm³/mol. The monoisotopic (exact) mass is 199 g/mol. The fourth-order valence-corrected chi connectivity index (χ4v) is 2.01. The molecule has 0 aromatic rings. The molecule has 4 nitrogen and oxygen atoms in total. The zero-order valence-electron chi connectivity index (χ0n) is 8.95. The van der Waals surface area contributed by atoms with Gasteiger partial charge in [-0.1, -0.05) is 0 Å². The number of hydrogen-bond acceptors (Lipinski definition) is 3. The zero-order valence-corrected chi connectivity index (χ0v) is 8.95. The first-order valence-corrected chi connectivity index (χ1v) is 4.98. The second kappa shape index (κ2) is 4.44. The van der Waals surface area contributed by atoms with Crippen molar-refractivity contribution in [3.05, 3.63) is 0 Å². The summed E-state index contributed by atoms with van der Waals surface area (Å²) < 4.78 is 4.43. The lowest BCUT2D eigenvalue weighted by molar-refractivity contribution is -0.161. The Morgan fingerprint density at radius 1 is 1.21 bits per heavy atom. The lowest BCUT2D eigenvalue weighted by atomic mass is 9.97. The molecule has 1 fully saturated rings. The van der Waals surface area contributed by atoms with Crippen LogP contribution in [0.15, 0.2) is 0 Å². The van der Waals surface area contributed by atoms with Crippen molar-refractivity contribution in [1.82, 2.24) is 4.90 Å². The third-order valence-electron chi connectivity index (χ3n) is 2.79. The summed E-state index contributed by atoms with van der Waals surface area (Å²) >= 11 is 0. The number of nitrogens with zero attached hydrogens (tertiary/aromatic N) is 1. The highest BCUT2D eigenvalue weighted by atomic mass is 16.5. The van der Waals surface area contributed by atoms with Gasteiger partial charge in [0.05, 0.1) is 7.11 Å². The molecular formula is C10H17NO3. The van der Waals surface area contributed by atoms with E-state index in [-0.39, 0.29) is 12.1 Å². The maximum Gasteiger partial charge on any atom is 0.396 e. The van der Waals surface area contributed by atoms with Crippen molar-refractivity contribution in [3.8, 4) is 0 Å². The SMILES string of the molecule is COC(=O)C(=O)N1C(C)CCCC1C. The molecule has 0 spiro atoms. The number of ether oxygens (including phenoxy) is 1. The van der Waals surface area contributed by atoms with Gasteiger partial charge in [-0.2, -0.15) is 0 Å². The number of carbonyl (C=O) groups excluding carboxylic acids is 2. The minimum atomic E-state index is -0.759. The third kappa shape index (κ3) is 2.05. The van der Waals surface area contributed by atoms with Crippen LogP contribution in [-0.4, -0.2) is 36.0 Å². The van der Waals surface area contributed by atoms with E-state index in [0.29, 0.717) is 0 Å². The highest BCUT2D eigenvalue weighted by Crippen LogP contribution is 2.22. The van der Waals surface area contributed by atoms with Gasteiger partial charge in [0.25, 0.3) is 0 Å². The molecule has 1 aliphatic heterocycles. The molecule has 14 heavy (non-hydrogen) atoms. The Hall–Kier alpha value is -1.06. The van der Waals surface area contributed by atoms with Crippen LogP contribution in [0.1, 0.15) is 33.1 Å². The summed E-state index contributed by atoms with van der Waals surface area (Å²) in [6.07, 6.45) is 3.05. The summed E-state index contributed by atoms with van der Waals surface area (Å²) in [5.41, 5.74) is 0. The van der Waals surface area contributed by atoms with E-state index in [4.69, 9.17) is 0 Å². The number of rotatable bonds is 0. The Kier molecular flexibility index (Phi) is 3.49. The molecule has 4 heteroatoms. The molecule has 1 rings (SSSR count). The Morgan fingerprint density at radius 3 is 2.14 bits per heavy atom. The first-order valence-electron chi connectivity index (χ1n) is 4.98. The van der Waals surface area contributed by atoms with Gasteiger partial charge < -0.3 is 9.64 Å². The van der Waals surface area contributed by atoms with Crippen molar-refractivity contribution in [2.75, 3.05) is 7.11 Å². The number of piperidine rings is 1. The topological polar surface area (TPSA) is 46.6 Å². The molecule has 80 valence electrons. The number of likely N-dealkylation sites (tertiary alicyclic amines) is 1. The van der Waals surface area contributed by atoms with Crippen molar-refractivity contribution in [2.45, 2.75) is 45.2 Å². The fourth-order valence-electron chi connectivity index (χ4n) is 2.01. The summed E-state index contributed by atoms with van der Waals surface area (Å²) in [4.78, 5) is 24.3. The van der Waals surface area contributed by atoms with Crippen LogP contribution in [-0.2, 0) is 14.3 Å². The van der Waals surface area contributed by atoms with Crippen molar-refractivity contribution >= 4 is 11.9 Å². The minimum Gasteiger partial charge on any atom is -0.462 e. The average Bonchev–Trinajstić information content (AvgIpc) is 2.16. The first kappa shape index (κ1) is 11.0. The van der Waals surface area contributed by atoms with E-state index in [1.54, 1.807) is 4.90 Å². The summed E-state index contributed by atoms with van der Waals surface area (Å²) in [6.45, 7) is 3.94. The highest BCUT2D eigenvalue weighted by molar-refractivity contribution is 6.32. The van der Waals surface area contributed by atoms with Gasteiger partial charge >= 0.3 is 11.9 Å². The van der Waals surface area contributed by atoms with E-state index in [1.165, 1.54) is 7.11 Å². The first-order chi connectivity index (χ1) is 6.57. The van der Waals surface area contributed by atoms with Crippen molar-refractivity contribution in [2.24, 2.45) is 0 Å². The van der Waals surface area contributed by atoms with E-state index in [0.717, 1.165) is 19.3 Å². The van der Waals surface area contributed by atoms with Crippen LogP contribution >= 0.6 is 0 Å². The zero-order chi connectivity index (χ0) is 10.7. The standard InChI is InChI=1S/C10H17NO3/c1-7-5-4-6-8(2)11(7)9(12)10(13)14-3/h7-8H,4-6H2,1-3H3. The molecule has 0 aromatic carbocycles. The van der Waals surface area contributed by atoms with Gasteiger partial charge in [0, 0.05) is 12.1 Å². The lowest BCUT2D eigenvalue weighted by Gasteiger charge is -2.38. The second-order valence-electron chi connectivity index (χ2n) is 3.83. The van der Waals surface area contributed by atoms with Gasteiger partial charge in [-0.15, -0.1) is 0 Å². The van der Waals surface area contributed by atoms with Crippen LogP contribution in [0, 0.1) is 0 Å². The Balaban J connectivity index is 2.72. The molecule has 0 N–H and O–H groups in total. The molecule has 1 saturated heterocycles. The number of hydrogen-bond donors (Lipinski definition) is 0.